The molecule has 0 aromatic heterocycles. The topological polar surface area (TPSA) is 83.8 Å². The maximum atomic E-state index is 12.2. The lowest BCUT2D eigenvalue weighted by atomic mass is 10.3. The summed E-state index contributed by atoms with van der Waals surface area (Å²) in [6.45, 7) is 0.858. The van der Waals surface area contributed by atoms with E-state index >= 15 is 0 Å². The molecule has 0 aliphatic heterocycles. The number of nitrogens with zero attached hydrogens (tertiary/aromatic N) is 3. The maximum absolute atomic E-state index is 12.2. The molecule has 0 saturated carbocycles. The molecule has 1 aromatic rings. The number of nitro benzene ring substituents is 1. The highest BCUT2D eigenvalue weighted by molar-refractivity contribution is 7.89. The van der Waals surface area contributed by atoms with Gasteiger partial charge in [0.2, 0.25) is 10.0 Å². The first-order valence-electron chi connectivity index (χ1n) is 5.52. The van der Waals surface area contributed by atoms with Gasteiger partial charge in [0.25, 0.3) is 5.69 Å². The SMILES string of the molecule is CN(C)CCN(C)S(=O)(=O)c1[c]ccc([N+](=O)[O-])c1. The van der Waals surface area contributed by atoms with Crippen molar-refractivity contribution in [1.82, 2.24) is 9.21 Å². The van der Waals surface area contributed by atoms with Crippen LogP contribution in [-0.2, 0) is 10.0 Å². The predicted octanol–water partition coefficient (Wildman–Crippen LogP) is 0.577. The summed E-state index contributed by atoms with van der Waals surface area (Å²) >= 11 is 0. The minimum atomic E-state index is -3.74. The lowest BCUT2D eigenvalue weighted by Gasteiger charge is -2.19. The van der Waals surface area contributed by atoms with Crippen LogP contribution in [0, 0.1) is 16.2 Å². The molecular weight excluding hydrogens is 270 g/mol. The van der Waals surface area contributed by atoms with E-state index in [1.165, 1.54) is 19.2 Å². The molecule has 0 unspecified atom stereocenters. The molecule has 0 spiro atoms. The van der Waals surface area contributed by atoms with Gasteiger partial charge >= 0.3 is 0 Å². The fourth-order valence-electron chi connectivity index (χ4n) is 1.32. The van der Waals surface area contributed by atoms with Crippen LogP contribution in [-0.4, -0.2) is 56.8 Å². The normalized spacial score (nSPS) is 12.1. The Morgan fingerprint density at radius 3 is 2.47 bits per heavy atom. The van der Waals surface area contributed by atoms with Crippen LogP contribution < -0.4 is 0 Å². The molecule has 0 aliphatic carbocycles. The maximum Gasteiger partial charge on any atom is 0.270 e. The van der Waals surface area contributed by atoms with Crippen LogP contribution in [0.3, 0.4) is 0 Å². The molecule has 7 nitrogen and oxygen atoms in total. The smallest absolute Gasteiger partial charge is 0.270 e. The van der Waals surface area contributed by atoms with Crippen molar-refractivity contribution in [2.24, 2.45) is 0 Å². The van der Waals surface area contributed by atoms with Gasteiger partial charge in [0, 0.05) is 38.3 Å². The minimum Gasteiger partial charge on any atom is -0.308 e. The summed E-state index contributed by atoms with van der Waals surface area (Å²) in [6, 6.07) is 5.99. The third kappa shape index (κ3) is 3.98. The van der Waals surface area contributed by atoms with Crippen LogP contribution in [0.5, 0.6) is 0 Å². The Morgan fingerprint density at radius 2 is 1.95 bits per heavy atom. The summed E-state index contributed by atoms with van der Waals surface area (Å²) in [7, 11) is 1.36. The zero-order valence-corrected chi connectivity index (χ0v) is 11.8. The van der Waals surface area contributed by atoms with Gasteiger partial charge in [-0.25, -0.2) is 8.42 Å². The second-order valence-corrected chi connectivity index (χ2v) is 6.31. The van der Waals surface area contributed by atoms with Crippen molar-refractivity contribution in [1.29, 1.82) is 0 Å². The van der Waals surface area contributed by atoms with Gasteiger partial charge in [-0.3, -0.25) is 10.1 Å². The molecule has 0 amide bonds. The zero-order chi connectivity index (χ0) is 14.6. The summed E-state index contributed by atoms with van der Waals surface area (Å²) in [6.07, 6.45) is 0. The first kappa shape index (κ1) is 15.5. The molecule has 0 fully saturated rings. The largest absolute Gasteiger partial charge is 0.308 e. The average Bonchev–Trinajstić information content (AvgIpc) is 2.35. The second kappa shape index (κ2) is 6.09. The lowest BCUT2D eigenvalue weighted by Crippen LogP contribution is -2.33. The highest BCUT2D eigenvalue weighted by Gasteiger charge is 2.22. The molecule has 0 heterocycles. The second-order valence-electron chi connectivity index (χ2n) is 4.30. The molecule has 8 heteroatoms. The van der Waals surface area contributed by atoms with Gasteiger partial charge in [-0.1, -0.05) is 0 Å². The summed E-state index contributed by atoms with van der Waals surface area (Å²) in [5, 5.41) is 10.6. The molecule has 105 valence electrons. The number of benzene rings is 1. The van der Waals surface area contributed by atoms with Crippen molar-refractivity contribution in [3.8, 4) is 0 Å². The highest BCUT2D eigenvalue weighted by atomic mass is 32.2. The molecule has 0 saturated heterocycles. The van der Waals surface area contributed by atoms with Gasteiger partial charge in [0.1, 0.15) is 0 Å². The Kier molecular flexibility index (Phi) is 4.98. The molecule has 1 radical (unpaired) electrons. The fourth-order valence-corrected chi connectivity index (χ4v) is 2.47. The van der Waals surface area contributed by atoms with Crippen LogP contribution >= 0.6 is 0 Å². The standard InChI is InChI=1S/C11H16N3O4S/c1-12(2)7-8-13(3)19(17,18)11-6-4-5-10(9-11)14(15)16/h4-5,9H,7-8H2,1-3H3. The Bertz CT molecular complexity index is 557. The van der Waals surface area contributed by atoms with Gasteiger partial charge in [-0.15, -0.1) is 0 Å². The number of likely N-dealkylation sites (N-methyl/N-ethyl adjacent to an activating group) is 2. The van der Waals surface area contributed by atoms with E-state index in [9.17, 15) is 18.5 Å². The monoisotopic (exact) mass is 286 g/mol. The quantitative estimate of drug-likeness (QED) is 0.564. The number of sulfonamides is 1. The van der Waals surface area contributed by atoms with Gasteiger partial charge < -0.3 is 4.90 Å². The van der Waals surface area contributed by atoms with Crippen LogP contribution in [0.15, 0.2) is 23.1 Å². The van der Waals surface area contributed by atoms with E-state index in [0.717, 1.165) is 10.4 Å². The van der Waals surface area contributed by atoms with Crippen LogP contribution in [0.25, 0.3) is 0 Å². The van der Waals surface area contributed by atoms with E-state index in [1.54, 1.807) is 0 Å². The minimum absolute atomic E-state index is 0.192. The molecule has 19 heavy (non-hydrogen) atoms. The number of non-ortho nitro benzene ring substituents is 1. The van der Waals surface area contributed by atoms with Crippen molar-refractivity contribution in [2.75, 3.05) is 34.2 Å². The van der Waals surface area contributed by atoms with Gasteiger partial charge in [0.05, 0.1) is 9.82 Å². The summed E-state index contributed by atoms with van der Waals surface area (Å²) in [5.74, 6) is 0. The third-order valence-electron chi connectivity index (χ3n) is 2.52. The van der Waals surface area contributed by atoms with E-state index in [4.69, 9.17) is 0 Å². The Balaban J connectivity index is 2.99. The Hall–Kier alpha value is -1.51. The van der Waals surface area contributed by atoms with E-state index < -0.39 is 14.9 Å². The van der Waals surface area contributed by atoms with Crippen LogP contribution in [0.2, 0.25) is 0 Å². The van der Waals surface area contributed by atoms with Crippen molar-refractivity contribution in [2.45, 2.75) is 4.90 Å². The molecule has 0 N–H and O–H groups in total. The average molecular weight is 286 g/mol. The first-order chi connectivity index (χ1) is 8.75. The van der Waals surface area contributed by atoms with E-state index in [-0.39, 0.29) is 10.6 Å². The van der Waals surface area contributed by atoms with Crippen molar-refractivity contribution < 1.29 is 13.3 Å². The molecule has 1 rings (SSSR count). The molecule has 1 aromatic carbocycles. The summed E-state index contributed by atoms with van der Waals surface area (Å²) in [4.78, 5) is 11.7. The van der Waals surface area contributed by atoms with Gasteiger partial charge in [0.15, 0.2) is 0 Å². The van der Waals surface area contributed by atoms with E-state index in [2.05, 4.69) is 6.07 Å². The number of hydrogen-bond acceptors (Lipinski definition) is 5. The summed E-state index contributed by atoms with van der Waals surface area (Å²) < 4.78 is 25.5. The van der Waals surface area contributed by atoms with Crippen molar-refractivity contribution in [3.05, 3.63) is 34.4 Å². The number of rotatable bonds is 6. The third-order valence-corrected chi connectivity index (χ3v) is 4.31. The Morgan fingerprint density at radius 1 is 1.32 bits per heavy atom. The van der Waals surface area contributed by atoms with Gasteiger partial charge in [-0.2, -0.15) is 4.31 Å². The van der Waals surface area contributed by atoms with Crippen molar-refractivity contribution in [3.63, 3.8) is 0 Å². The van der Waals surface area contributed by atoms with E-state index in [1.807, 2.05) is 19.0 Å². The zero-order valence-electron chi connectivity index (χ0n) is 11.0. The van der Waals surface area contributed by atoms with Crippen molar-refractivity contribution >= 4 is 15.7 Å². The highest BCUT2D eigenvalue weighted by Crippen LogP contribution is 2.19. The Labute approximate surface area is 112 Å². The fraction of sp³-hybridized carbons (Fsp3) is 0.455. The molecule has 0 bridgehead atoms. The summed E-state index contributed by atoms with van der Waals surface area (Å²) in [5.41, 5.74) is -0.265. The van der Waals surface area contributed by atoms with Crippen LogP contribution in [0.1, 0.15) is 0 Å². The molecular formula is C11H16N3O4S. The molecule has 0 atom stereocenters. The first-order valence-corrected chi connectivity index (χ1v) is 6.96. The predicted molar refractivity (Wildman–Crippen MR) is 70.3 cm³/mol. The lowest BCUT2D eigenvalue weighted by molar-refractivity contribution is -0.385. The van der Waals surface area contributed by atoms with E-state index in [0.29, 0.717) is 13.1 Å². The number of hydrogen-bond donors (Lipinski definition) is 0. The van der Waals surface area contributed by atoms with Gasteiger partial charge in [-0.05, 0) is 20.2 Å². The van der Waals surface area contributed by atoms with Crippen LogP contribution in [0.4, 0.5) is 5.69 Å². The number of nitro groups is 1. The molecule has 0 aliphatic rings.